The molecule has 94 valence electrons. The third-order valence-corrected chi connectivity index (χ3v) is 2.55. The van der Waals surface area contributed by atoms with Crippen LogP contribution in [0.15, 0.2) is 35.4 Å². The first kappa shape index (κ1) is 12.1. The van der Waals surface area contributed by atoms with Gasteiger partial charge in [0.05, 0.1) is 18.4 Å². The van der Waals surface area contributed by atoms with Gasteiger partial charge in [-0.25, -0.2) is 9.67 Å². The van der Waals surface area contributed by atoms with Crippen molar-refractivity contribution in [2.45, 2.75) is 6.54 Å². The molecular formula is C12H15N5O. The van der Waals surface area contributed by atoms with Crippen molar-refractivity contribution in [3.63, 3.8) is 0 Å². The zero-order valence-electron chi connectivity index (χ0n) is 10.4. The van der Waals surface area contributed by atoms with E-state index in [0.717, 1.165) is 11.3 Å². The van der Waals surface area contributed by atoms with Crippen LogP contribution in [-0.4, -0.2) is 28.9 Å². The summed E-state index contributed by atoms with van der Waals surface area (Å²) in [6.07, 6.45) is 3.27. The Balaban J connectivity index is 2.28. The van der Waals surface area contributed by atoms with Crippen molar-refractivity contribution in [3.8, 4) is 0 Å². The molecule has 2 aromatic heterocycles. The highest BCUT2D eigenvalue weighted by Gasteiger charge is 2.03. The molecule has 18 heavy (non-hydrogen) atoms. The van der Waals surface area contributed by atoms with Crippen LogP contribution in [0, 0.1) is 0 Å². The quantitative estimate of drug-likeness (QED) is 0.843. The molecule has 2 aromatic rings. The third-order valence-electron chi connectivity index (χ3n) is 2.55. The van der Waals surface area contributed by atoms with Gasteiger partial charge in [0, 0.05) is 26.4 Å². The molecule has 0 aliphatic heterocycles. The van der Waals surface area contributed by atoms with Crippen LogP contribution >= 0.6 is 0 Å². The summed E-state index contributed by atoms with van der Waals surface area (Å²) in [6, 6.07) is 5.09. The van der Waals surface area contributed by atoms with Crippen LogP contribution in [0.1, 0.15) is 5.56 Å². The molecule has 0 unspecified atom stereocenters. The summed E-state index contributed by atoms with van der Waals surface area (Å²) in [5, 5.41) is 4.13. The van der Waals surface area contributed by atoms with Crippen molar-refractivity contribution in [1.29, 1.82) is 0 Å². The van der Waals surface area contributed by atoms with Gasteiger partial charge >= 0.3 is 0 Å². The molecule has 0 saturated carbocycles. The Bertz CT molecular complexity index is 605. The van der Waals surface area contributed by atoms with E-state index in [1.54, 1.807) is 24.5 Å². The summed E-state index contributed by atoms with van der Waals surface area (Å²) in [7, 11) is 3.73. The van der Waals surface area contributed by atoms with Gasteiger partial charge in [-0.1, -0.05) is 0 Å². The van der Waals surface area contributed by atoms with Gasteiger partial charge in [0.15, 0.2) is 0 Å². The standard InChI is InChI=1S/C12H15N5O/c1-16(2)10-6-12(18)17(15-7-10)8-9-3-4-14-11(13)5-9/h3-7H,8H2,1-2H3,(H2,13,14). The zero-order chi connectivity index (χ0) is 13.1. The molecule has 6 heteroatoms. The lowest BCUT2D eigenvalue weighted by Gasteiger charge is -2.12. The molecule has 0 radical (unpaired) electrons. The van der Waals surface area contributed by atoms with E-state index < -0.39 is 0 Å². The van der Waals surface area contributed by atoms with Gasteiger partial charge < -0.3 is 10.6 Å². The highest BCUT2D eigenvalue weighted by atomic mass is 16.1. The largest absolute Gasteiger partial charge is 0.384 e. The lowest BCUT2D eigenvalue weighted by atomic mass is 10.2. The first-order valence-corrected chi connectivity index (χ1v) is 5.51. The highest BCUT2D eigenvalue weighted by molar-refractivity contribution is 5.40. The molecule has 2 N–H and O–H groups in total. The molecule has 2 rings (SSSR count). The summed E-state index contributed by atoms with van der Waals surface area (Å²) in [5.41, 5.74) is 7.13. The lowest BCUT2D eigenvalue weighted by Crippen LogP contribution is -2.24. The van der Waals surface area contributed by atoms with Gasteiger partial charge in [-0.15, -0.1) is 0 Å². The normalized spacial score (nSPS) is 10.3. The van der Waals surface area contributed by atoms with Crippen molar-refractivity contribution in [1.82, 2.24) is 14.8 Å². The highest BCUT2D eigenvalue weighted by Crippen LogP contribution is 2.06. The fourth-order valence-electron chi connectivity index (χ4n) is 1.55. The second-order valence-corrected chi connectivity index (χ2v) is 4.19. The fraction of sp³-hybridized carbons (Fsp3) is 0.250. The van der Waals surface area contributed by atoms with Crippen molar-refractivity contribution in [3.05, 3.63) is 46.5 Å². The number of rotatable bonds is 3. The van der Waals surface area contributed by atoms with E-state index in [4.69, 9.17) is 5.73 Å². The van der Waals surface area contributed by atoms with Crippen LogP contribution in [0.25, 0.3) is 0 Å². The Kier molecular flexibility index (Phi) is 3.27. The number of pyridine rings is 1. The van der Waals surface area contributed by atoms with E-state index >= 15 is 0 Å². The van der Waals surface area contributed by atoms with Crippen LogP contribution < -0.4 is 16.2 Å². The van der Waals surface area contributed by atoms with E-state index in [0.29, 0.717) is 12.4 Å². The minimum absolute atomic E-state index is 0.142. The van der Waals surface area contributed by atoms with Crippen LogP contribution in [0.5, 0.6) is 0 Å². The molecule has 0 aliphatic carbocycles. The maximum atomic E-state index is 11.9. The monoisotopic (exact) mass is 245 g/mol. The van der Waals surface area contributed by atoms with Gasteiger partial charge in [-0.05, 0) is 17.7 Å². The first-order chi connectivity index (χ1) is 8.56. The number of hydrogen-bond acceptors (Lipinski definition) is 5. The SMILES string of the molecule is CN(C)c1cnn(Cc2ccnc(N)c2)c(=O)c1. The number of nitrogens with two attached hydrogens (primary N) is 1. The zero-order valence-corrected chi connectivity index (χ0v) is 10.4. The minimum atomic E-state index is -0.142. The molecule has 6 nitrogen and oxygen atoms in total. The van der Waals surface area contributed by atoms with Crippen molar-refractivity contribution < 1.29 is 0 Å². The lowest BCUT2D eigenvalue weighted by molar-refractivity contribution is 0.638. The maximum Gasteiger partial charge on any atom is 0.269 e. The Morgan fingerprint density at radius 3 is 2.78 bits per heavy atom. The Labute approximate surface area is 105 Å². The second-order valence-electron chi connectivity index (χ2n) is 4.19. The van der Waals surface area contributed by atoms with Gasteiger partial charge in [0.1, 0.15) is 5.82 Å². The van der Waals surface area contributed by atoms with E-state index in [2.05, 4.69) is 10.1 Å². The Morgan fingerprint density at radius 2 is 2.17 bits per heavy atom. The average Bonchev–Trinajstić information content (AvgIpc) is 2.31. The van der Waals surface area contributed by atoms with Crippen LogP contribution in [0.4, 0.5) is 11.5 Å². The summed E-state index contributed by atoms with van der Waals surface area (Å²) in [4.78, 5) is 17.6. The number of nitrogen functional groups attached to an aromatic ring is 1. The summed E-state index contributed by atoms with van der Waals surface area (Å²) < 4.78 is 1.39. The third kappa shape index (κ3) is 2.65. The minimum Gasteiger partial charge on any atom is -0.384 e. The van der Waals surface area contributed by atoms with E-state index in [1.807, 2.05) is 25.1 Å². The maximum absolute atomic E-state index is 11.9. The molecular weight excluding hydrogens is 230 g/mol. The van der Waals surface area contributed by atoms with Crippen LogP contribution in [0.3, 0.4) is 0 Å². The van der Waals surface area contributed by atoms with Crippen molar-refractivity contribution in [2.24, 2.45) is 0 Å². The van der Waals surface area contributed by atoms with Gasteiger partial charge in [0.2, 0.25) is 0 Å². The predicted octanol–water partition coefficient (Wildman–Crippen LogP) is 0.335. The van der Waals surface area contributed by atoms with E-state index in [1.165, 1.54) is 4.68 Å². The molecule has 0 aliphatic rings. The smallest absolute Gasteiger partial charge is 0.269 e. The fourth-order valence-corrected chi connectivity index (χ4v) is 1.55. The molecule has 2 heterocycles. The summed E-state index contributed by atoms with van der Waals surface area (Å²) in [5.74, 6) is 0.436. The summed E-state index contributed by atoms with van der Waals surface area (Å²) >= 11 is 0. The van der Waals surface area contributed by atoms with Crippen molar-refractivity contribution in [2.75, 3.05) is 24.7 Å². The van der Waals surface area contributed by atoms with Gasteiger partial charge in [-0.2, -0.15) is 5.10 Å². The Morgan fingerprint density at radius 1 is 1.39 bits per heavy atom. The molecule has 0 aromatic carbocycles. The van der Waals surface area contributed by atoms with Crippen LogP contribution in [0.2, 0.25) is 0 Å². The average molecular weight is 245 g/mol. The number of aromatic nitrogens is 3. The molecule has 0 atom stereocenters. The van der Waals surface area contributed by atoms with Gasteiger partial charge in [-0.3, -0.25) is 4.79 Å². The molecule has 0 spiro atoms. The second kappa shape index (κ2) is 4.87. The van der Waals surface area contributed by atoms with Gasteiger partial charge in [0.25, 0.3) is 5.56 Å². The first-order valence-electron chi connectivity index (χ1n) is 5.51. The molecule has 0 fully saturated rings. The molecule has 0 saturated heterocycles. The molecule has 0 amide bonds. The van der Waals surface area contributed by atoms with Crippen LogP contribution in [-0.2, 0) is 6.54 Å². The van der Waals surface area contributed by atoms with E-state index in [-0.39, 0.29) is 5.56 Å². The molecule has 0 bridgehead atoms. The van der Waals surface area contributed by atoms with E-state index in [9.17, 15) is 4.79 Å². The number of hydrogen-bond donors (Lipinski definition) is 1. The van der Waals surface area contributed by atoms with Crippen molar-refractivity contribution >= 4 is 11.5 Å². The predicted molar refractivity (Wildman–Crippen MR) is 70.6 cm³/mol. The number of nitrogens with zero attached hydrogens (tertiary/aromatic N) is 4. The summed E-state index contributed by atoms with van der Waals surface area (Å²) in [6.45, 7) is 0.388. The number of anilines is 2. The topological polar surface area (TPSA) is 77.0 Å². The Hall–Kier alpha value is -2.37.